The molecule has 4 heteroatoms. The third-order valence-electron chi connectivity index (χ3n) is 2.79. The van der Waals surface area contributed by atoms with E-state index in [4.69, 9.17) is 5.26 Å². The lowest BCUT2D eigenvalue weighted by Gasteiger charge is -2.12. The summed E-state index contributed by atoms with van der Waals surface area (Å²) in [5, 5.41) is 11.9. The first-order valence-electron chi connectivity index (χ1n) is 5.89. The number of hydrogen-bond donors (Lipinski definition) is 1. The van der Waals surface area contributed by atoms with Gasteiger partial charge in [-0.25, -0.2) is 0 Å². The molecule has 1 aromatic carbocycles. The summed E-state index contributed by atoms with van der Waals surface area (Å²) in [5.41, 5.74) is 1.89. The second kappa shape index (κ2) is 5.78. The molecule has 1 atom stereocenters. The van der Waals surface area contributed by atoms with E-state index in [1.165, 1.54) is 0 Å². The predicted molar refractivity (Wildman–Crippen MR) is 71.2 cm³/mol. The number of nitrogens with zero attached hydrogens (tertiary/aromatic N) is 2. The molecule has 2 aromatic rings. The highest BCUT2D eigenvalue weighted by atomic mass is 16.1. The van der Waals surface area contributed by atoms with Crippen molar-refractivity contribution in [3.05, 3.63) is 65.5 Å². The fourth-order valence-corrected chi connectivity index (χ4v) is 1.77. The first-order valence-corrected chi connectivity index (χ1v) is 5.89. The average molecular weight is 251 g/mol. The molecule has 0 aliphatic carbocycles. The van der Waals surface area contributed by atoms with Crippen LogP contribution >= 0.6 is 0 Å². The molecule has 0 spiro atoms. The Morgan fingerprint density at radius 1 is 1.26 bits per heavy atom. The number of nitrogens with one attached hydrogen (secondary N) is 1. The van der Waals surface area contributed by atoms with Gasteiger partial charge < -0.3 is 5.32 Å². The van der Waals surface area contributed by atoms with Crippen LogP contribution in [-0.2, 0) is 0 Å². The Morgan fingerprint density at radius 3 is 2.63 bits per heavy atom. The standard InChI is InChI=1S/C15H13N3O/c1-11-13(8-5-9-17-11)15(19)18-14(10-16)12-6-3-2-4-7-12/h2-9,14H,1H3,(H,18,19). The summed E-state index contributed by atoms with van der Waals surface area (Å²) in [7, 11) is 0. The van der Waals surface area contributed by atoms with E-state index in [0.29, 0.717) is 11.3 Å². The Morgan fingerprint density at radius 2 is 2.00 bits per heavy atom. The van der Waals surface area contributed by atoms with E-state index in [1.54, 1.807) is 25.3 Å². The molecular weight excluding hydrogens is 238 g/mol. The van der Waals surface area contributed by atoms with Crippen molar-refractivity contribution < 1.29 is 4.79 Å². The Balaban J connectivity index is 2.19. The minimum Gasteiger partial charge on any atom is -0.332 e. The van der Waals surface area contributed by atoms with Gasteiger partial charge in [0.1, 0.15) is 6.04 Å². The zero-order chi connectivity index (χ0) is 13.7. The highest BCUT2D eigenvalue weighted by molar-refractivity contribution is 5.95. The molecule has 0 saturated heterocycles. The fraction of sp³-hybridized carbons (Fsp3) is 0.133. The highest BCUT2D eigenvalue weighted by Gasteiger charge is 2.16. The zero-order valence-corrected chi connectivity index (χ0v) is 10.5. The quantitative estimate of drug-likeness (QED) is 0.910. The maximum absolute atomic E-state index is 12.1. The predicted octanol–water partition coefficient (Wildman–Crippen LogP) is 2.38. The number of benzene rings is 1. The van der Waals surface area contributed by atoms with Crippen molar-refractivity contribution in [1.82, 2.24) is 10.3 Å². The summed E-state index contributed by atoms with van der Waals surface area (Å²) in [6.07, 6.45) is 1.63. The molecule has 0 fully saturated rings. The first kappa shape index (κ1) is 12.8. The number of hydrogen-bond acceptors (Lipinski definition) is 3. The third kappa shape index (κ3) is 2.96. The van der Waals surface area contributed by atoms with Crippen molar-refractivity contribution in [1.29, 1.82) is 5.26 Å². The Kier molecular flexibility index (Phi) is 3.89. The second-order valence-electron chi connectivity index (χ2n) is 4.08. The molecule has 0 bridgehead atoms. The van der Waals surface area contributed by atoms with Crippen LogP contribution in [0.4, 0.5) is 0 Å². The van der Waals surface area contributed by atoms with Crippen LogP contribution < -0.4 is 5.32 Å². The van der Waals surface area contributed by atoms with E-state index in [1.807, 2.05) is 30.3 Å². The molecule has 1 unspecified atom stereocenters. The van der Waals surface area contributed by atoms with E-state index >= 15 is 0 Å². The normalized spacial score (nSPS) is 11.4. The molecule has 1 heterocycles. The van der Waals surface area contributed by atoms with Gasteiger partial charge in [-0.2, -0.15) is 5.26 Å². The summed E-state index contributed by atoms with van der Waals surface area (Å²) in [4.78, 5) is 16.2. The Labute approximate surface area is 111 Å². The van der Waals surface area contributed by atoms with Crippen LogP contribution in [0.1, 0.15) is 27.7 Å². The molecular formula is C15H13N3O. The summed E-state index contributed by atoms with van der Waals surface area (Å²) in [6.45, 7) is 1.76. The van der Waals surface area contributed by atoms with Crippen LogP contribution in [0.3, 0.4) is 0 Å². The van der Waals surface area contributed by atoms with E-state index in [2.05, 4.69) is 16.4 Å². The van der Waals surface area contributed by atoms with Crippen LogP contribution in [0.2, 0.25) is 0 Å². The number of aromatic nitrogens is 1. The minimum absolute atomic E-state index is 0.291. The number of nitriles is 1. The highest BCUT2D eigenvalue weighted by Crippen LogP contribution is 2.13. The summed E-state index contributed by atoms with van der Waals surface area (Å²) in [5.74, 6) is -0.291. The van der Waals surface area contributed by atoms with Crippen molar-refractivity contribution in [2.75, 3.05) is 0 Å². The molecule has 1 N–H and O–H groups in total. The lowest BCUT2D eigenvalue weighted by molar-refractivity contribution is 0.0944. The van der Waals surface area contributed by atoms with Gasteiger partial charge in [-0.05, 0) is 24.6 Å². The number of pyridine rings is 1. The first-order chi connectivity index (χ1) is 9.22. The van der Waals surface area contributed by atoms with Gasteiger partial charge in [0.15, 0.2) is 0 Å². The van der Waals surface area contributed by atoms with Crippen molar-refractivity contribution in [3.8, 4) is 6.07 Å². The molecule has 0 aliphatic heterocycles. The summed E-state index contributed by atoms with van der Waals surface area (Å²) >= 11 is 0. The lowest BCUT2D eigenvalue weighted by Crippen LogP contribution is -2.28. The number of amides is 1. The number of carbonyl (C=O) groups excluding carboxylic acids is 1. The fourth-order valence-electron chi connectivity index (χ4n) is 1.77. The summed E-state index contributed by atoms with van der Waals surface area (Å²) in [6, 6.07) is 14.0. The molecule has 0 aliphatic rings. The lowest BCUT2D eigenvalue weighted by atomic mass is 10.1. The minimum atomic E-state index is -0.659. The Bertz CT molecular complexity index is 617. The molecule has 0 radical (unpaired) electrons. The van der Waals surface area contributed by atoms with Gasteiger partial charge in [0.25, 0.3) is 5.91 Å². The van der Waals surface area contributed by atoms with Crippen molar-refractivity contribution in [2.45, 2.75) is 13.0 Å². The molecule has 4 nitrogen and oxygen atoms in total. The van der Waals surface area contributed by atoms with E-state index in [0.717, 1.165) is 5.56 Å². The third-order valence-corrected chi connectivity index (χ3v) is 2.79. The molecule has 1 aromatic heterocycles. The maximum Gasteiger partial charge on any atom is 0.254 e. The van der Waals surface area contributed by atoms with Gasteiger partial charge >= 0.3 is 0 Å². The SMILES string of the molecule is Cc1ncccc1C(=O)NC(C#N)c1ccccc1. The van der Waals surface area contributed by atoms with Gasteiger partial charge in [-0.3, -0.25) is 9.78 Å². The topological polar surface area (TPSA) is 65.8 Å². The van der Waals surface area contributed by atoms with E-state index in [-0.39, 0.29) is 5.91 Å². The Hall–Kier alpha value is -2.67. The van der Waals surface area contributed by atoms with Crippen molar-refractivity contribution in [3.63, 3.8) is 0 Å². The van der Waals surface area contributed by atoms with Crippen LogP contribution in [-0.4, -0.2) is 10.9 Å². The maximum atomic E-state index is 12.1. The smallest absolute Gasteiger partial charge is 0.254 e. The van der Waals surface area contributed by atoms with E-state index < -0.39 is 6.04 Å². The molecule has 19 heavy (non-hydrogen) atoms. The average Bonchev–Trinajstić information content (AvgIpc) is 2.46. The number of carbonyl (C=O) groups is 1. The molecule has 94 valence electrons. The largest absolute Gasteiger partial charge is 0.332 e. The van der Waals surface area contributed by atoms with Crippen LogP contribution in [0.25, 0.3) is 0 Å². The van der Waals surface area contributed by atoms with Gasteiger partial charge in [0.05, 0.1) is 11.6 Å². The van der Waals surface area contributed by atoms with Crippen LogP contribution in [0.15, 0.2) is 48.7 Å². The summed E-state index contributed by atoms with van der Waals surface area (Å²) < 4.78 is 0. The second-order valence-corrected chi connectivity index (χ2v) is 4.08. The number of aryl methyl sites for hydroxylation is 1. The van der Waals surface area contributed by atoms with Crippen molar-refractivity contribution >= 4 is 5.91 Å². The molecule has 0 saturated carbocycles. The monoisotopic (exact) mass is 251 g/mol. The van der Waals surface area contributed by atoms with Crippen molar-refractivity contribution in [2.24, 2.45) is 0 Å². The van der Waals surface area contributed by atoms with E-state index in [9.17, 15) is 4.79 Å². The molecule has 1 amide bonds. The van der Waals surface area contributed by atoms with Gasteiger partial charge in [0.2, 0.25) is 0 Å². The van der Waals surface area contributed by atoms with Gasteiger partial charge in [-0.15, -0.1) is 0 Å². The van der Waals surface area contributed by atoms with Crippen LogP contribution in [0.5, 0.6) is 0 Å². The number of rotatable bonds is 3. The molecule has 2 rings (SSSR count). The van der Waals surface area contributed by atoms with Gasteiger partial charge in [-0.1, -0.05) is 30.3 Å². The van der Waals surface area contributed by atoms with Gasteiger partial charge in [0, 0.05) is 11.9 Å². The van der Waals surface area contributed by atoms with Crippen LogP contribution in [0, 0.1) is 18.3 Å². The zero-order valence-electron chi connectivity index (χ0n) is 10.5.